The summed E-state index contributed by atoms with van der Waals surface area (Å²) in [7, 11) is 0. The fraction of sp³-hybridized carbons (Fsp3) is 0.167. The van der Waals surface area contributed by atoms with E-state index in [2.05, 4.69) is 0 Å². The monoisotopic (exact) mass is 355 g/mol. The lowest BCUT2D eigenvalue weighted by molar-refractivity contribution is 0.0954. The Morgan fingerprint density at radius 2 is 1.67 bits per heavy atom. The Hall–Kier alpha value is -2.71. The number of rotatable bonds is 2. The first-order valence-corrected chi connectivity index (χ1v) is 7.62. The molecule has 1 heterocycles. The molecule has 1 aromatic carbocycles. The van der Waals surface area contributed by atoms with Gasteiger partial charge in [0.15, 0.2) is 11.3 Å². The molecule has 0 aliphatic carbocycles. The summed E-state index contributed by atoms with van der Waals surface area (Å²) in [5.74, 6) is -0.00240. The van der Waals surface area contributed by atoms with Crippen LogP contribution in [-0.4, -0.2) is 5.60 Å². The van der Waals surface area contributed by atoms with E-state index in [0.29, 0.717) is 21.2 Å². The van der Waals surface area contributed by atoms with Crippen LogP contribution in [0.4, 0.5) is 0 Å². The molecule has 24 heavy (non-hydrogen) atoms. The summed E-state index contributed by atoms with van der Waals surface area (Å²) in [6, 6.07) is 10.7. The van der Waals surface area contributed by atoms with Crippen molar-refractivity contribution in [2.75, 3.05) is 0 Å². The lowest BCUT2D eigenvalue weighted by Gasteiger charge is -2.20. The quantitative estimate of drug-likeness (QED) is 0.703. The molecule has 2 rings (SSSR count). The number of benzene rings is 1. The van der Waals surface area contributed by atoms with Crippen molar-refractivity contribution >= 4 is 29.3 Å². The van der Waals surface area contributed by atoms with E-state index in [1.165, 1.54) is 0 Å². The summed E-state index contributed by atoms with van der Waals surface area (Å²) in [6.07, 6.45) is 3.36. The van der Waals surface area contributed by atoms with Gasteiger partial charge in [0, 0.05) is 21.2 Å². The van der Waals surface area contributed by atoms with Crippen LogP contribution < -0.4 is 0 Å². The Bertz CT molecular complexity index is 883. The smallest absolute Gasteiger partial charge is 0.172 e. The van der Waals surface area contributed by atoms with Gasteiger partial charge in [0.2, 0.25) is 0 Å². The Labute approximate surface area is 150 Å². The van der Waals surface area contributed by atoms with Gasteiger partial charge in [-0.2, -0.15) is 15.8 Å². The molecule has 1 aliphatic heterocycles. The van der Waals surface area contributed by atoms with Crippen molar-refractivity contribution in [3.05, 3.63) is 62.4 Å². The summed E-state index contributed by atoms with van der Waals surface area (Å²) < 4.78 is 5.68. The van der Waals surface area contributed by atoms with Gasteiger partial charge >= 0.3 is 0 Å². The molecule has 0 saturated carbocycles. The van der Waals surface area contributed by atoms with Crippen molar-refractivity contribution in [3.8, 4) is 18.2 Å². The number of ether oxygens (including phenoxy) is 1. The maximum absolute atomic E-state index is 9.46. The van der Waals surface area contributed by atoms with E-state index in [1.807, 2.05) is 6.07 Å². The van der Waals surface area contributed by atoms with Crippen LogP contribution in [0.2, 0.25) is 10.0 Å². The van der Waals surface area contributed by atoms with Crippen molar-refractivity contribution in [1.29, 1.82) is 15.8 Å². The largest absolute Gasteiger partial charge is 0.480 e. The van der Waals surface area contributed by atoms with Gasteiger partial charge in [0.25, 0.3) is 0 Å². The van der Waals surface area contributed by atoms with E-state index in [0.717, 1.165) is 0 Å². The second-order valence-electron chi connectivity index (χ2n) is 5.41. The number of nitriles is 3. The van der Waals surface area contributed by atoms with Crippen molar-refractivity contribution < 1.29 is 4.74 Å². The van der Waals surface area contributed by atoms with Gasteiger partial charge in [0.1, 0.15) is 29.4 Å². The summed E-state index contributed by atoms with van der Waals surface area (Å²) in [4.78, 5) is 0. The third-order valence-electron chi connectivity index (χ3n) is 3.48. The highest BCUT2D eigenvalue weighted by molar-refractivity contribution is 6.37. The maximum Gasteiger partial charge on any atom is 0.172 e. The number of allylic oxidation sites excluding steroid dienone is 2. The SMILES string of the molecule is CC1(C)OC(=C(C#N)C#N)C(C#N)=C1/C=C/c1c(Cl)cccc1Cl. The van der Waals surface area contributed by atoms with E-state index in [1.54, 1.807) is 56.3 Å². The first-order chi connectivity index (χ1) is 11.4. The lowest BCUT2D eigenvalue weighted by atomic mass is 9.94. The second-order valence-corrected chi connectivity index (χ2v) is 6.22. The Morgan fingerprint density at radius 1 is 1.08 bits per heavy atom. The third kappa shape index (κ3) is 3.15. The highest BCUT2D eigenvalue weighted by Gasteiger charge is 2.38. The minimum Gasteiger partial charge on any atom is -0.480 e. The van der Waals surface area contributed by atoms with Crippen LogP contribution in [0.25, 0.3) is 6.08 Å². The zero-order valence-electron chi connectivity index (χ0n) is 12.9. The average molecular weight is 356 g/mol. The van der Waals surface area contributed by atoms with E-state index in [-0.39, 0.29) is 16.9 Å². The van der Waals surface area contributed by atoms with Gasteiger partial charge in [-0.15, -0.1) is 0 Å². The minimum atomic E-state index is -0.871. The highest BCUT2D eigenvalue weighted by Crippen LogP contribution is 2.40. The van der Waals surface area contributed by atoms with Crippen LogP contribution in [0, 0.1) is 34.0 Å². The molecule has 0 bridgehead atoms. The van der Waals surface area contributed by atoms with Gasteiger partial charge < -0.3 is 4.74 Å². The molecule has 0 atom stereocenters. The van der Waals surface area contributed by atoms with Crippen LogP contribution in [0.3, 0.4) is 0 Å². The fourth-order valence-electron chi connectivity index (χ4n) is 2.32. The van der Waals surface area contributed by atoms with Gasteiger partial charge in [-0.3, -0.25) is 0 Å². The zero-order valence-corrected chi connectivity index (χ0v) is 14.4. The van der Waals surface area contributed by atoms with Gasteiger partial charge in [-0.25, -0.2) is 0 Å². The Kier molecular flexibility index (Phi) is 5.01. The van der Waals surface area contributed by atoms with Crippen molar-refractivity contribution in [1.82, 2.24) is 0 Å². The molecule has 0 unspecified atom stereocenters. The number of nitrogens with zero attached hydrogens (tertiary/aromatic N) is 3. The van der Waals surface area contributed by atoms with Gasteiger partial charge in [-0.05, 0) is 26.0 Å². The van der Waals surface area contributed by atoms with Crippen molar-refractivity contribution in [2.45, 2.75) is 19.4 Å². The first kappa shape index (κ1) is 17.6. The summed E-state index contributed by atoms with van der Waals surface area (Å²) in [5.41, 5.74) is 0.193. The van der Waals surface area contributed by atoms with Gasteiger partial charge in [0.05, 0.1) is 0 Å². The first-order valence-electron chi connectivity index (χ1n) is 6.86. The molecule has 0 radical (unpaired) electrons. The molecule has 4 nitrogen and oxygen atoms in total. The van der Waals surface area contributed by atoms with E-state index in [4.69, 9.17) is 38.5 Å². The third-order valence-corrected chi connectivity index (χ3v) is 4.14. The molecule has 118 valence electrons. The molecule has 0 fully saturated rings. The zero-order chi connectivity index (χ0) is 17.9. The molecule has 0 N–H and O–H groups in total. The number of hydrogen-bond donors (Lipinski definition) is 0. The Balaban J connectivity index is 2.63. The van der Waals surface area contributed by atoms with Crippen LogP contribution >= 0.6 is 23.2 Å². The molecule has 1 aliphatic rings. The van der Waals surface area contributed by atoms with Gasteiger partial charge in [-0.1, -0.05) is 41.4 Å². The molecule has 1 aromatic rings. The standard InChI is InChI=1S/C18H11Cl2N3O/c1-18(2)14(7-6-12-15(19)4-3-5-16(12)20)13(10-23)17(24-18)11(8-21)9-22/h3-7H,1-2H3/b7-6+. The highest BCUT2D eigenvalue weighted by atomic mass is 35.5. The maximum atomic E-state index is 9.46. The molecule has 0 amide bonds. The van der Waals surface area contributed by atoms with Crippen LogP contribution in [-0.2, 0) is 4.74 Å². The topological polar surface area (TPSA) is 80.6 Å². The second kappa shape index (κ2) is 6.81. The average Bonchev–Trinajstić information content (AvgIpc) is 2.78. The molecular formula is C18H11Cl2N3O. The van der Waals surface area contributed by atoms with Crippen LogP contribution in [0.15, 0.2) is 46.8 Å². The van der Waals surface area contributed by atoms with Crippen LogP contribution in [0.5, 0.6) is 0 Å². The fourth-order valence-corrected chi connectivity index (χ4v) is 2.84. The molecule has 6 heteroatoms. The Morgan fingerprint density at radius 3 is 2.17 bits per heavy atom. The van der Waals surface area contributed by atoms with Crippen LogP contribution in [0.1, 0.15) is 19.4 Å². The van der Waals surface area contributed by atoms with E-state index >= 15 is 0 Å². The van der Waals surface area contributed by atoms with Crippen molar-refractivity contribution in [2.24, 2.45) is 0 Å². The summed E-state index contributed by atoms with van der Waals surface area (Å²) in [6.45, 7) is 3.50. The summed E-state index contributed by atoms with van der Waals surface area (Å²) in [5, 5.41) is 28.5. The predicted octanol–water partition coefficient (Wildman–Crippen LogP) is 4.94. The normalized spacial score (nSPS) is 15.6. The number of hydrogen-bond acceptors (Lipinski definition) is 4. The predicted molar refractivity (Wildman–Crippen MR) is 91.6 cm³/mol. The van der Waals surface area contributed by atoms with E-state index in [9.17, 15) is 5.26 Å². The molecule has 0 aromatic heterocycles. The van der Waals surface area contributed by atoms with Crippen molar-refractivity contribution in [3.63, 3.8) is 0 Å². The lowest BCUT2D eigenvalue weighted by Crippen LogP contribution is -2.20. The molecule has 0 spiro atoms. The molecule has 0 saturated heterocycles. The van der Waals surface area contributed by atoms with E-state index < -0.39 is 5.60 Å². The molecular weight excluding hydrogens is 345 g/mol. The minimum absolute atomic E-state index is 0.00240. The number of halogens is 2. The summed E-state index contributed by atoms with van der Waals surface area (Å²) >= 11 is 12.3.